The van der Waals surface area contributed by atoms with E-state index in [1.165, 1.54) is 0 Å². The third-order valence-corrected chi connectivity index (χ3v) is 2.58. The molecule has 1 aromatic carbocycles. The van der Waals surface area contributed by atoms with E-state index in [0.29, 0.717) is 13.2 Å². The summed E-state index contributed by atoms with van der Waals surface area (Å²) < 4.78 is 16.4. The van der Waals surface area contributed by atoms with Crippen LogP contribution in [0.3, 0.4) is 0 Å². The van der Waals surface area contributed by atoms with E-state index in [4.69, 9.17) is 19.9 Å². The van der Waals surface area contributed by atoms with Crippen LogP contribution in [-0.2, 0) is 11.2 Å². The van der Waals surface area contributed by atoms with Crippen LogP contribution in [0.5, 0.6) is 11.5 Å². The summed E-state index contributed by atoms with van der Waals surface area (Å²) in [6, 6.07) is 6.05. The van der Waals surface area contributed by atoms with Gasteiger partial charge in [0.25, 0.3) is 0 Å². The smallest absolute Gasteiger partial charge is 0.161 e. The van der Waals surface area contributed by atoms with Gasteiger partial charge < -0.3 is 19.9 Å². The molecule has 0 radical (unpaired) electrons. The first-order valence-electron chi connectivity index (χ1n) is 6.69. The lowest BCUT2D eigenvalue weighted by atomic mass is 10.1. The molecule has 0 aliphatic carbocycles. The molecule has 19 heavy (non-hydrogen) atoms. The van der Waals surface area contributed by atoms with Crippen molar-refractivity contribution in [3.8, 4) is 11.5 Å². The Morgan fingerprint density at radius 2 is 1.84 bits per heavy atom. The molecule has 0 aromatic heterocycles. The zero-order chi connectivity index (χ0) is 14.3. The van der Waals surface area contributed by atoms with Gasteiger partial charge in [0.05, 0.1) is 19.8 Å². The minimum Gasteiger partial charge on any atom is -0.493 e. The highest BCUT2D eigenvalue weighted by atomic mass is 16.5. The van der Waals surface area contributed by atoms with Crippen molar-refractivity contribution in [1.82, 2.24) is 0 Å². The van der Waals surface area contributed by atoms with Crippen LogP contribution in [0, 0.1) is 0 Å². The summed E-state index contributed by atoms with van der Waals surface area (Å²) in [5.74, 6) is 1.48. The van der Waals surface area contributed by atoms with E-state index < -0.39 is 0 Å². The average molecular weight is 267 g/mol. The normalized spacial score (nSPS) is 12.5. The zero-order valence-corrected chi connectivity index (χ0v) is 12.3. The standard InChI is InChI=1S/C15H25NO3/c1-11(2)18-7-8-19-14-6-5-13(9-12(3)16)10-15(14)17-4/h5-6,10-12H,7-9,16H2,1-4H3. The summed E-state index contributed by atoms with van der Waals surface area (Å²) in [7, 11) is 1.64. The van der Waals surface area contributed by atoms with Crippen molar-refractivity contribution in [3.05, 3.63) is 23.8 Å². The molecule has 0 heterocycles. The van der Waals surface area contributed by atoms with E-state index in [9.17, 15) is 0 Å². The molecule has 1 atom stereocenters. The van der Waals surface area contributed by atoms with Crippen LogP contribution in [-0.4, -0.2) is 32.5 Å². The van der Waals surface area contributed by atoms with Crippen LogP contribution in [0.4, 0.5) is 0 Å². The number of methoxy groups -OCH3 is 1. The fraction of sp³-hybridized carbons (Fsp3) is 0.600. The molecule has 2 N–H and O–H groups in total. The van der Waals surface area contributed by atoms with Crippen molar-refractivity contribution in [2.45, 2.75) is 39.3 Å². The Balaban J connectivity index is 2.57. The topological polar surface area (TPSA) is 53.7 Å². The predicted octanol–water partition coefficient (Wildman–Crippen LogP) is 2.39. The van der Waals surface area contributed by atoms with Crippen molar-refractivity contribution in [1.29, 1.82) is 0 Å². The van der Waals surface area contributed by atoms with Gasteiger partial charge in [-0.1, -0.05) is 6.07 Å². The highest BCUT2D eigenvalue weighted by molar-refractivity contribution is 5.43. The lowest BCUT2D eigenvalue weighted by Gasteiger charge is -2.14. The zero-order valence-electron chi connectivity index (χ0n) is 12.3. The quantitative estimate of drug-likeness (QED) is 0.735. The SMILES string of the molecule is COc1cc(CC(C)N)ccc1OCCOC(C)C. The van der Waals surface area contributed by atoms with E-state index in [1.54, 1.807) is 7.11 Å². The van der Waals surface area contributed by atoms with Gasteiger partial charge in [0, 0.05) is 6.04 Å². The van der Waals surface area contributed by atoms with Crippen molar-refractivity contribution in [3.63, 3.8) is 0 Å². The van der Waals surface area contributed by atoms with Gasteiger partial charge in [0.15, 0.2) is 11.5 Å². The predicted molar refractivity (Wildman–Crippen MR) is 76.9 cm³/mol. The first-order valence-corrected chi connectivity index (χ1v) is 6.69. The summed E-state index contributed by atoms with van der Waals surface area (Å²) in [6.07, 6.45) is 1.05. The molecule has 4 heteroatoms. The first kappa shape index (κ1) is 15.8. The number of rotatable bonds is 8. The van der Waals surface area contributed by atoms with Crippen molar-refractivity contribution in [2.24, 2.45) is 5.73 Å². The Kier molecular flexibility index (Phi) is 6.67. The summed E-state index contributed by atoms with van der Waals surface area (Å²) >= 11 is 0. The van der Waals surface area contributed by atoms with Gasteiger partial charge in [-0.25, -0.2) is 0 Å². The minimum absolute atomic E-state index is 0.135. The van der Waals surface area contributed by atoms with E-state index in [-0.39, 0.29) is 12.1 Å². The second kappa shape index (κ2) is 8.02. The number of benzene rings is 1. The Bertz CT molecular complexity index is 378. The summed E-state index contributed by atoms with van der Waals surface area (Å²) in [6.45, 7) is 7.08. The van der Waals surface area contributed by atoms with E-state index in [0.717, 1.165) is 23.5 Å². The lowest BCUT2D eigenvalue weighted by Crippen LogP contribution is -2.17. The van der Waals surface area contributed by atoms with Crippen molar-refractivity contribution < 1.29 is 14.2 Å². The van der Waals surface area contributed by atoms with E-state index in [1.807, 2.05) is 39.0 Å². The molecular formula is C15H25NO3. The van der Waals surface area contributed by atoms with E-state index >= 15 is 0 Å². The van der Waals surface area contributed by atoms with Crippen LogP contribution in [0.1, 0.15) is 26.3 Å². The maximum absolute atomic E-state index is 5.79. The number of ether oxygens (including phenoxy) is 3. The second-order valence-electron chi connectivity index (χ2n) is 4.93. The molecule has 0 fully saturated rings. The Morgan fingerprint density at radius 3 is 2.42 bits per heavy atom. The molecule has 108 valence electrons. The molecule has 0 aliphatic rings. The van der Waals surface area contributed by atoms with Gasteiger partial charge >= 0.3 is 0 Å². The number of hydrogen-bond donors (Lipinski definition) is 1. The van der Waals surface area contributed by atoms with Gasteiger partial charge in [-0.3, -0.25) is 0 Å². The highest BCUT2D eigenvalue weighted by Crippen LogP contribution is 2.28. The lowest BCUT2D eigenvalue weighted by molar-refractivity contribution is 0.0547. The van der Waals surface area contributed by atoms with Crippen LogP contribution >= 0.6 is 0 Å². The van der Waals surface area contributed by atoms with Crippen molar-refractivity contribution >= 4 is 0 Å². The Morgan fingerprint density at radius 1 is 1.11 bits per heavy atom. The van der Waals surface area contributed by atoms with Gasteiger partial charge in [-0.2, -0.15) is 0 Å². The maximum Gasteiger partial charge on any atom is 0.161 e. The van der Waals surface area contributed by atoms with Crippen LogP contribution in [0.25, 0.3) is 0 Å². The molecule has 0 saturated heterocycles. The molecule has 0 spiro atoms. The van der Waals surface area contributed by atoms with Gasteiger partial charge in [0.1, 0.15) is 6.61 Å². The summed E-state index contributed by atoms with van der Waals surface area (Å²) in [4.78, 5) is 0. The molecule has 4 nitrogen and oxygen atoms in total. The molecule has 1 aromatic rings. The van der Waals surface area contributed by atoms with E-state index in [2.05, 4.69) is 0 Å². The third kappa shape index (κ3) is 5.94. The van der Waals surface area contributed by atoms with Gasteiger partial charge in [-0.15, -0.1) is 0 Å². The molecular weight excluding hydrogens is 242 g/mol. The Hall–Kier alpha value is -1.26. The molecule has 0 saturated carbocycles. The molecule has 0 amide bonds. The largest absolute Gasteiger partial charge is 0.493 e. The molecule has 0 bridgehead atoms. The third-order valence-electron chi connectivity index (χ3n) is 2.58. The monoisotopic (exact) mass is 267 g/mol. The second-order valence-corrected chi connectivity index (χ2v) is 4.93. The van der Waals surface area contributed by atoms with Crippen LogP contribution in [0.15, 0.2) is 18.2 Å². The Labute approximate surface area is 115 Å². The van der Waals surface area contributed by atoms with Crippen LogP contribution < -0.4 is 15.2 Å². The van der Waals surface area contributed by atoms with Gasteiger partial charge in [-0.05, 0) is 44.9 Å². The first-order chi connectivity index (χ1) is 9.02. The van der Waals surface area contributed by atoms with Gasteiger partial charge in [0.2, 0.25) is 0 Å². The molecule has 0 aliphatic heterocycles. The molecule has 1 rings (SSSR count). The fourth-order valence-corrected chi connectivity index (χ4v) is 1.77. The van der Waals surface area contributed by atoms with Crippen molar-refractivity contribution in [2.75, 3.05) is 20.3 Å². The van der Waals surface area contributed by atoms with Crippen LogP contribution in [0.2, 0.25) is 0 Å². The molecule has 1 unspecified atom stereocenters. The minimum atomic E-state index is 0.135. The number of nitrogens with two attached hydrogens (primary N) is 1. The highest BCUT2D eigenvalue weighted by Gasteiger charge is 2.07. The summed E-state index contributed by atoms with van der Waals surface area (Å²) in [5.41, 5.74) is 6.94. The maximum atomic E-state index is 5.79. The number of hydrogen-bond acceptors (Lipinski definition) is 4. The average Bonchev–Trinajstić information content (AvgIpc) is 2.34. The summed E-state index contributed by atoms with van der Waals surface area (Å²) in [5, 5.41) is 0. The fourth-order valence-electron chi connectivity index (χ4n) is 1.77.